The number of aromatic nitrogens is 2. The fourth-order valence-corrected chi connectivity index (χ4v) is 7.79. The van der Waals surface area contributed by atoms with Crippen LogP contribution in [-0.4, -0.2) is 147 Å². The Morgan fingerprint density at radius 1 is 0.783 bits per heavy atom. The van der Waals surface area contributed by atoms with Gasteiger partial charge in [0.05, 0.1) is 12.9 Å². The van der Waals surface area contributed by atoms with Crippen molar-refractivity contribution in [1.29, 1.82) is 0 Å². The van der Waals surface area contributed by atoms with Gasteiger partial charge in [-0.15, -0.1) is 0 Å². The smallest absolute Gasteiger partial charge is 0.326 e. The number of carbonyl (C=O) groups is 9. The van der Waals surface area contributed by atoms with E-state index in [1.807, 2.05) is 0 Å². The number of carboxylic acid groups (broad SMARTS) is 1. The second kappa shape index (κ2) is 27.9. The molecule has 2 heterocycles. The Bertz CT molecular complexity index is 2050. The first-order valence-corrected chi connectivity index (χ1v) is 23.5. The minimum atomic E-state index is -1.36. The van der Waals surface area contributed by atoms with Crippen LogP contribution in [0.5, 0.6) is 5.75 Å². The number of imidazole rings is 1. The zero-order valence-corrected chi connectivity index (χ0v) is 40.6. The first kappa shape index (κ1) is 56.5. The number of primary amides is 1. The molecule has 0 aliphatic carbocycles. The number of rotatable bonds is 28. The van der Waals surface area contributed by atoms with Crippen LogP contribution < -0.4 is 48.3 Å². The number of likely N-dealkylation sites (tertiary alicyclic amines) is 1. The van der Waals surface area contributed by atoms with Crippen LogP contribution in [0.25, 0.3) is 0 Å². The van der Waals surface area contributed by atoms with Crippen LogP contribution in [-0.2, 0) is 51.2 Å². The molecule has 13 N–H and O–H groups in total. The lowest BCUT2D eigenvalue weighted by Gasteiger charge is -2.32. The molecule has 23 nitrogen and oxygen atoms in total. The fourth-order valence-electron chi connectivity index (χ4n) is 7.79. The number of phenolic OH excluding ortho intramolecular Hbond substituents is 1. The summed E-state index contributed by atoms with van der Waals surface area (Å²) < 4.78 is 0. The Labute approximate surface area is 402 Å². The van der Waals surface area contributed by atoms with Crippen LogP contribution in [0.15, 0.2) is 36.8 Å². The van der Waals surface area contributed by atoms with Crippen molar-refractivity contribution in [3.05, 3.63) is 48.0 Å². The quantitative estimate of drug-likeness (QED) is 0.0470. The number of likely N-dealkylation sites (N-methyl/N-ethyl adjacent to an activating group) is 1. The third-order valence-corrected chi connectivity index (χ3v) is 12.2. The average Bonchev–Trinajstić information content (AvgIpc) is 4.02. The molecule has 0 bridgehead atoms. The Morgan fingerprint density at radius 3 is 1.97 bits per heavy atom. The van der Waals surface area contributed by atoms with Crippen molar-refractivity contribution in [2.45, 2.75) is 135 Å². The standard InChI is InChI=1S/C46H72N12O11/c1-8-26(5)37(43(65)54-33(21-29-22-49-24-51-29)44(66)58-19-11-13-34(58)41(63)57-38(45(67)68)27(6)9-2)56-40(62)32(20-28-14-16-30(59)17-15-28)53-42(64)36(25(3)4)55-39(61)31(52-35(60)23-48-7)12-10-18-50-46(47)69/h14-17,22,24-27,31-34,36-38,48,59H,8-13,18-21,23H2,1-7H3,(H,49,51)(H,52,60)(H,53,64)(H,54,65)(H,55,61)(H,56,62)(H,57,63)(H,67,68)(H3,47,50,69)/t26-,27-,31-,32-,33-,34-,36-,37-,38-/m0/s1. The summed E-state index contributed by atoms with van der Waals surface area (Å²) in [4.78, 5) is 129. The second-order valence-electron chi connectivity index (χ2n) is 17.9. The van der Waals surface area contributed by atoms with Crippen LogP contribution >= 0.6 is 0 Å². The maximum Gasteiger partial charge on any atom is 0.326 e. The molecule has 23 heteroatoms. The average molecular weight is 969 g/mol. The first-order chi connectivity index (χ1) is 32.7. The van der Waals surface area contributed by atoms with Crippen LogP contribution in [0.2, 0.25) is 0 Å². The van der Waals surface area contributed by atoms with E-state index in [1.165, 1.54) is 29.6 Å². The Kier molecular flexibility index (Phi) is 22.9. The summed E-state index contributed by atoms with van der Waals surface area (Å²) in [5.41, 5.74) is 6.17. The highest BCUT2D eigenvalue weighted by molar-refractivity contribution is 5.98. The molecule has 1 aliphatic rings. The zero-order chi connectivity index (χ0) is 51.4. The maximum atomic E-state index is 14.5. The summed E-state index contributed by atoms with van der Waals surface area (Å²) in [7, 11) is 1.55. The van der Waals surface area contributed by atoms with Gasteiger partial charge in [0.15, 0.2) is 0 Å². The number of amides is 9. The van der Waals surface area contributed by atoms with E-state index in [0.717, 1.165) is 0 Å². The number of phenols is 1. The summed E-state index contributed by atoms with van der Waals surface area (Å²) in [6.45, 7) is 10.6. The van der Waals surface area contributed by atoms with Gasteiger partial charge in [0.25, 0.3) is 0 Å². The number of aromatic amines is 1. The number of hydrogen-bond acceptors (Lipinski definition) is 12. The van der Waals surface area contributed by atoms with Gasteiger partial charge < -0.3 is 68.4 Å². The molecule has 1 fully saturated rings. The van der Waals surface area contributed by atoms with Gasteiger partial charge >= 0.3 is 12.0 Å². The second-order valence-corrected chi connectivity index (χ2v) is 17.9. The van der Waals surface area contributed by atoms with Crippen molar-refractivity contribution in [3.63, 3.8) is 0 Å². The van der Waals surface area contributed by atoms with Crippen LogP contribution in [0.3, 0.4) is 0 Å². The van der Waals surface area contributed by atoms with Crippen molar-refractivity contribution in [2.24, 2.45) is 23.5 Å². The van der Waals surface area contributed by atoms with E-state index in [-0.39, 0.29) is 63.4 Å². The van der Waals surface area contributed by atoms with Crippen LogP contribution in [0, 0.1) is 17.8 Å². The largest absolute Gasteiger partial charge is 0.508 e. The minimum absolute atomic E-state index is 0.0442. The number of carbonyl (C=O) groups excluding carboxylic acids is 8. The lowest BCUT2D eigenvalue weighted by molar-refractivity contribution is -0.146. The number of nitrogens with two attached hydrogens (primary N) is 1. The molecular formula is C46H72N12O11. The number of carboxylic acids is 1. The highest BCUT2D eigenvalue weighted by atomic mass is 16.4. The van der Waals surface area contributed by atoms with E-state index in [9.17, 15) is 53.4 Å². The van der Waals surface area contributed by atoms with Gasteiger partial charge in [0.2, 0.25) is 41.4 Å². The number of hydrogen-bond donors (Lipinski definition) is 12. The lowest BCUT2D eigenvalue weighted by atomic mass is 9.96. The first-order valence-electron chi connectivity index (χ1n) is 23.5. The van der Waals surface area contributed by atoms with Gasteiger partial charge in [-0.1, -0.05) is 66.5 Å². The molecule has 0 spiro atoms. The number of aliphatic carboxylic acids is 1. The molecule has 3 rings (SSSR count). The van der Waals surface area contributed by atoms with Crippen molar-refractivity contribution >= 4 is 53.4 Å². The van der Waals surface area contributed by atoms with Gasteiger partial charge in [-0.2, -0.15) is 0 Å². The highest BCUT2D eigenvalue weighted by Crippen LogP contribution is 2.22. The SMILES string of the molecule is CC[C@H](C)[C@H](NC(=O)[C@@H]1CCCN1C(=O)[C@H](Cc1cnc[nH]1)NC(=O)[C@@H](NC(=O)[C@H](Cc1ccc(O)cc1)NC(=O)[C@@H](NC(=O)[C@H](CCCNC(N)=O)NC(=O)CNC)C(C)C)[C@@H](C)CC)C(=O)O. The van der Waals surface area contributed by atoms with Crippen LogP contribution in [0.4, 0.5) is 4.79 Å². The molecule has 1 aromatic carbocycles. The fraction of sp³-hybridized carbons (Fsp3) is 0.609. The Morgan fingerprint density at radius 2 is 1.39 bits per heavy atom. The predicted octanol–water partition coefficient (Wildman–Crippen LogP) is -0.699. The monoisotopic (exact) mass is 969 g/mol. The molecule has 0 unspecified atom stereocenters. The summed E-state index contributed by atoms with van der Waals surface area (Å²) >= 11 is 0. The minimum Gasteiger partial charge on any atom is -0.508 e. The van der Waals surface area contributed by atoms with Crippen molar-refractivity contribution in [1.82, 2.24) is 57.4 Å². The van der Waals surface area contributed by atoms with Gasteiger partial charge in [-0.25, -0.2) is 14.6 Å². The number of benzene rings is 1. The van der Waals surface area contributed by atoms with Gasteiger partial charge in [0, 0.05) is 37.8 Å². The van der Waals surface area contributed by atoms with E-state index in [0.29, 0.717) is 30.5 Å². The van der Waals surface area contributed by atoms with E-state index in [1.54, 1.807) is 60.7 Å². The number of urea groups is 1. The van der Waals surface area contributed by atoms with Gasteiger partial charge in [-0.05, 0) is 68.2 Å². The van der Waals surface area contributed by atoms with E-state index in [2.05, 4.69) is 52.5 Å². The van der Waals surface area contributed by atoms with Crippen molar-refractivity contribution in [2.75, 3.05) is 26.7 Å². The molecule has 0 saturated carbocycles. The molecule has 9 amide bonds. The topological polar surface area (TPSA) is 348 Å². The van der Waals surface area contributed by atoms with Gasteiger partial charge in [0.1, 0.15) is 48.0 Å². The number of nitrogens with zero attached hydrogens (tertiary/aromatic N) is 2. The molecule has 2 aromatic rings. The molecule has 69 heavy (non-hydrogen) atoms. The highest BCUT2D eigenvalue weighted by Gasteiger charge is 2.41. The van der Waals surface area contributed by atoms with E-state index < -0.39 is 107 Å². The summed E-state index contributed by atoms with van der Waals surface area (Å²) in [5, 5.41) is 41.2. The molecule has 9 atom stereocenters. The number of aromatic hydroxyl groups is 1. The predicted molar refractivity (Wildman–Crippen MR) is 253 cm³/mol. The summed E-state index contributed by atoms with van der Waals surface area (Å²) in [6.07, 6.45) is 4.58. The van der Waals surface area contributed by atoms with Gasteiger partial charge in [-0.3, -0.25) is 33.6 Å². The molecule has 1 aromatic heterocycles. The zero-order valence-electron chi connectivity index (χ0n) is 40.6. The molecule has 0 radical (unpaired) electrons. The van der Waals surface area contributed by atoms with E-state index in [4.69, 9.17) is 5.73 Å². The summed E-state index contributed by atoms with van der Waals surface area (Å²) in [5.74, 6) is -7.42. The normalized spacial score (nSPS) is 16.9. The number of nitrogens with one attached hydrogen (secondary N) is 9. The molecular weight excluding hydrogens is 897 g/mol. The molecule has 1 saturated heterocycles. The maximum absolute atomic E-state index is 14.5. The van der Waals surface area contributed by atoms with E-state index >= 15 is 0 Å². The van der Waals surface area contributed by atoms with Crippen molar-refractivity contribution in [3.8, 4) is 5.75 Å². The Hall–Kier alpha value is -6.78. The third-order valence-electron chi connectivity index (χ3n) is 12.2. The molecule has 1 aliphatic heterocycles. The van der Waals surface area contributed by atoms with Crippen molar-refractivity contribution < 1.29 is 53.4 Å². The number of H-pyrrole nitrogens is 1. The van der Waals surface area contributed by atoms with Crippen LogP contribution in [0.1, 0.15) is 91.3 Å². The summed E-state index contributed by atoms with van der Waals surface area (Å²) in [6, 6.07) is -3.27. The lowest BCUT2D eigenvalue weighted by Crippen LogP contribution is -2.62. The Balaban J connectivity index is 1.92. The molecule has 382 valence electrons. The third kappa shape index (κ3) is 17.7.